The summed E-state index contributed by atoms with van der Waals surface area (Å²) in [5.41, 5.74) is 2.85. The number of nitrogens with zero attached hydrogens (tertiary/aromatic N) is 2. The van der Waals surface area contributed by atoms with E-state index in [0.29, 0.717) is 25.7 Å². The Bertz CT molecular complexity index is 628. The third kappa shape index (κ3) is 4.31. The van der Waals surface area contributed by atoms with Crippen molar-refractivity contribution in [3.63, 3.8) is 0 Å². The van der Waals surface area contributed by atoms with E-state index < -0.39 is 0 Å². The number of amides is 3. The minimum atomic E-state index is -0.0403. The summed E-state index contributed by atoms with van der Waals surface area (Å²) < 4.78 is 0. The highest BCUT2D eigenvalue weighted by atomic mass is 16.2. The molecule has 0 spiro atoms. The number of hydrogen-bond donors (Lipinski definition) is 2. The van der Waals surface area contributed by atoms with Crippen LogP contribution >= 0.6 is 0 Å². The summed E-state index contributed by atoms with van der Waals surface area (Å²) in [6.07, 6.45) is 2.09. The van der Waals surface area contributed by atoms with E-state index in [9.17, 15) is 9.59 Å². The van der Waals surface area contributed by atoms with Crippen LogP contribution in [0.4, 0.5) is 4.79 Å². The van der Waals surface area contributed by atoms with Crippen LogP contribution in [0.25, 0.3) is 0 Å². The molecule has 3 rings (SSSR count). The summed E-state index contributed by atoms with van der Waals surface area (Å²) >= 11 is 0. The molecule has 0 bridgehead atoms. The van der Waals surface area contributed by atoms with Crippen molar-refractivity contribution >= 4 is 11.9 Å². The first-order chi connectivity index (χ1) is 12.1. The van der Waals surface area contributed by atoms with Gasteiger partial charge in [-0.3, -0.25) is 9.69 Å². The number of rotatable bonds is 5. The fourth-order valence-corrected chi connectivity index (χ4v) is 3.70. The minimum absolute atomic E-state index is 0.0301. The fourth-order valence-electron chi connectivity index (χ4n) is 3.70. The van der Waals surface area contributed by atoms with Gasteiger partial charge in [-0.15, -0.1) is 0 Å². The lowest BCUT2D eigenvalue weighted by Gasteiger charge is -2.40. The first-order valence-electron chi connectivity index (χ1n) is 9.17. The predicted molar refractivity (Wildman–Crippen MR) is 97.2 cm³/mol. The Morgan fingerprint density at radius 1 is 1.24 bits per heavy atom. The van der Waals surface area contributed by atoms with Crippen molar-refractivity contribution in [3.8, 4) is 0 Å². The SMILES string of the molecule is CC[C@@H](CNC(=O)N1CC(NC(C)=O)C1)N1CCc2ccccc2C1. The van der Waals surface area contributed by atoms with Crippen molar-refractivity contribution in [2.75, 3.05) is 26.2 Å². The largest absolute Gasteiger partial charge is 0.350 e. The summed E-state index contributed by atoms with van der Waals surface area (Å²) in [5, 5.41) is 5.90. The number of nitrogens with one attached hydrogen (secondary N) is 2. The molecule has 0 radical (unpaired) electrons. The third-order valence-corrected chi connectivity index (χ3v) is 5.21. The van der Waals surface area contributed by atoms with E-state index in [1.54, 1.807) is 4.90 Å². The van der Waals surface area contributed by atoms with Gasteiger partial charge in [-0.1, -0.05) is 31.2 Å². The molecule has 0 saturated carbocycles. The molecule has 0 aromatic heterocycles. The Morgan fingerprint density at radius 2 is 1.96 bits per heavy atom. The molecule has 1 fully saturated rings. The molecule has 1 aromatic carbocycles. The number of fused-ring (bicyclic) bond motifs is 1. The van der Waals surface area contributed by atoms with Gasteiger partial charge in [0, 0.05) is 45.7 Å². The third-order valence-electron chi connectivity index (χ3n) is 5.21. The quantitative estimate of drug-likeness (QED) is 0.848. The van der Waals surface area contributed by atoms with Gasteiger partial charge in [0.05, 0.1) is 6.04 Å². The summed E-state index contributed by atoms with van der Waals surface area (Å²) in [4.78, 5) is 27.5. The topological polar surface area (TPSA) is 64.7 Å². The van der Waals surface area contributed by atoms with Gasteiger partial charge in [0.1, 0.15) is 0 Å². The lowest BCUT2D eigenvalue weighted by Crippen LogP contribution is -2.63. The fraction of sp³-hybridized carbons (Fsp3) is 0.579. The first kappa shape index (κ1) is 17.7. The van der Waals surface area contributed by atoms with E-state index >= 15 is 0 Å². The second kappa shape index (κ2) is 7.87. The standard InChI is InChI=1S/C19H28N4O2/c1-3-18(22-9-8-15-6-4-5-7-16(15)11-22)10-20-19(25)23-12-17(13-23)21-14(2)24/h4-7,17-18H,3,8-13H2,1-2H3,(H,20,25)(H,21,24)/t18-/m0/s1. The molecule has 25 heavy (non-hydrogen) atoms. The van der Waals surface area contributed by atoms with Gasteiger partial charge < -0.3 is 15.5 Å². The average molecular weight is 344 g/mol. The number of likely N-dealkylation sites (tertiary alicyclic amines) is 1. The van der Waals surface area contributed by atoms with E-state index in [1.165, 1.54) is 18.1 Å². The number of urea groups is 1. The average Bonchev–Trinajstić information content (AvgIpc) is 2.57. The van der Waals surface area contributed by atoms with Crippen LogP contribution in [-0.4, -0.2) is 60.0 Å². The molecule has 1 aromatic rings. The van der Waals surface area contributed by atoms with Crippen LogP contribution in [0.2, 0.25) is 0 Å². The maximum atomic E-state index is 12.2. The molecule has 2 aliphatic rings. The second-order valence-corrected chi connectivity index (χ2v) is 7.04. The smallest absolute Gasteiger partial charge is 0.317 e. The number of carbonyl (C=O) groups excluding carboxylic acids is 2. The van der Waals surface area contributed by atoms with Crippen LogP contribution in [-0.2, 0) is 17.8 Å². The van der Waals surface area contributed by atoms with Crippen molar-refractivity contribution in [3.05, 3.63) is 35.4 Å². The Morgan fingerprint density at radius 3 is 2.64 bits per heavy atom. The zero-order valence-corrected chi connectivity index (χ0v) is 15.1. The van der Waals surface area contributed by atoms with Gasteiger partial charge >= 0.3 is 6.03 Å². The van der Waals surface area contributed by atoms with Gasteiger partial charge in [-0.2, -0.15) is 0 Å². The number of carbonyl (C=O) groups is 2. The lowest BCUT2D eigenvalue weighted by molar-refractivity contribution is -0.120. The first-order valence-corrected chi connectivity index (χ1v) is 9.17. The normalized spacial score (nSPS) is 18.9. The predicted octanol–water partition coefficient (Wildman–Crippen LogP) is 1.35. The van der Waals surface area contributed by atoms with Gasteiger partial charge in [-0.05, 0) is 24.0 Å². The van der Waals surface area contributed by atoms with Gasteiger partial charge in [0.25, 0.3) is 0 Å². The Kier molecular flexibility index (Phi) is 5.58. The van der Waals surface area contributed by atoms with Crippen molar-refractivity contribution in [1.29, 1.82) is 0 Å². The zero-order chi connectivity index (χ0) is 17.8. The van der Waals surface area contributed by atoms with E-state index in [2.05, 4.69) is 46.7 Å². The number of hydrogen-bond acceptors (Lipinski definition) is 3. The molecule has 6 nitrogen and oxygen atoms in total. The van der Waals surface area contributed by atoms with Crippen molar-refractivity contribution < 1.29 is 9.59 Å². The molecule has 6 heteroatoms. The molecule has 2 heterocycles. The Labute approximate surface area is 149 Å². The molecule has 1 saturated heterocycles. The van der Waals surface area contributed by atoms with Crippen LogP contribution in [0.1, 0.15) is 31.4 Å². The van der Waals surface area contributed by atoms with Gasteiger partial charge in [0.2, 0.25) is 5.91 Å². The van der Waals surface area contributed by atoms with E-state index in [-0.39, 0.29) is 18.0 Å². The maximum Gasteiger partial charge on any atom is 0.317 e. The lowest BCUT2D eigenvalue weighted by atomic mass is 9.98. The summed E-state index contributed by atoms with van der Waals surface area (Å²) in [6, 6.07) is 9.04. The zero-order valence-electron chi connectivity index (χ0n) is 15.1. The summed E-state index contributed by atoms with van der Waals surface area (Å²) in [7, 11) is 0. The summed E-state index contributed by atoms with van der Waals surface area (Å²) in [5.74, 6) is -0.0403. The highest BCUT2D eigenvalue weighted by Gasteiger charge is 2.31. The van der Waals surface area contributed by atoms with E-state index in [1.807, 2.05) is 0 Å². The molecular weight excluding hydrogens is 316 g/mol. The monoisotopic (exact) mass is 344 g/mol. The molecule has 3 amide bonds. The molecule has 1 atom stereocenters. The minimum Gasteiger partial charge on any atom is -0.350 e. The van der Waals surface area contributed by atoms with Crippen LogP contribution in [0.3, 0.4) is 0 Å². The highest BCUT2D eigenvalue weighted by molar-refractivity contribution is 5.77. The summed E-state index contributed by atoms with van der Waals surface area (Å²) in [6.45, 7) is 7.54. The van der Waals surface area contributed by atoms with E-state index in [0.717, 1.165) is 25.9 Å². The van der Waals surface area contributed by atoms with Gasteiger partial charge in [-0.25, -0.2) is 4.79 Å². The highest BCUT2D eigenvalue weighted by Crippen LogP contribution is 2.21. The van der Waals surface area contributed by atoms with Crippen LogP contribution in [0.5, 0.6) is 0 Å². The maximum absolute atomic E-state index is 12.2. The van der Waals surface area contributed by atoms with Gasteiger partial charge in [0.15, 0.2) is 0 Å². The Hall–Kier alpha value is -2.08. The van der Waals surface area contributed by atoms with Crippen molar-refractivity contribution in [1.82, 2.24) is 20.4 Å². The molecule has 2 aliphatic heterocycles. The van der Waals surface area contributed by atoms with Crippen molar-refractivity contribution in [2.24, 2.45) is 0 Å². The van der Waals surface area contributed by atoms with Crippen LogP contribution < -0.4 is 10.6 Å². The Balaban J connectivity index is 1.46. The van der Waals surface area contributed by atoms with Crippen LogP contribution in [0, 0.1) is 0 Å². The van der Waals surface area contributed by atoms with E-state index in [4.69, 9.17) is 0 Å². The molecule has 0 unspecified atom stereocenters. The molecule has 136 valence electrons. The van der Waals surface area contributed by atoms with Crippen LogP contribution in [0.15, 0.2) is 24.3 Å². The molecule has 2 N–H and O–H groups in total. The second-order valence-electron chi connectivity index (χ2n) is 7.04. The number of benzene rings is 1. The van der Waals surface area contributed by atoms with Crippen molar-refractivity contribution in [2.45, 2.75) is 45.3 Å². The molecule has 0 aliphatic carbocycles. The molecular formula is C19H28N4O2.